The zero-order valence-corrected chi connectivity index (χ0v) is 12.3. The van der Waals surface area contributed by atoms with Gasteiger partial charge < -0.3 is 9.64 Å². The molecule has 0 saturated carbocycles. The lowest BCUT2D eigenvalue weighted by molar-refractivity contribution is -0.141. The van der Waals surface area contributed by atoms with Gasteiger partial charge in [0.1, 0.15) is 12.4 Å². The van der Waals surface area contributed by atoms with Crippen LogP contribution in [0.1, 0.15) is 38.1 Å². The van der Waals surface area contributed by atoms with Crippen molar-refractivity contribution in [1.82, 2.24) is 0 Å². The van der Waals surface area contributed by atoms with Gasteiger partial charge in [0.05, 0.1) is 12.3 Å². The van der Waals surface area contributed by atoms with E-state index in [9.17, 15) is 14.0 Å². The highest BCUT2D eigenvalue weighted by Gasteiger charge is 2.19. The van der Waals surface area contributed by atoms with E-state index in [-0.39, 0.29) is 30.7 Å². The standard InChI is InChI=1S/C15H20FNO3/c1-5-20-15(19)9-17(10(2)3)14-7-6-12(11(4)18)8-13(14)16/h6-8,10H,5,9H2,1-4H3. The second-order valence-electron chi connectivity index (χ2n) is 4.75. The molecule has 0 radical (unpaired) electrons. The molecule has 0 atom stereocenters. The van der Waals surface area contributed by atoms with E-state index in [4.69, 9.17) is 4.74 Å². The molecule has 0 saturated heterocycles. The molecule has 0 aromatic heterocycles. The van der Waals surface area contributed by atoms with Crippen LogP contribution < -0.4 is 4.90 Å². The number of ether oxygens (including phenoxy) is 1. The summed E-state index contributed by atoms with van der Waals surface area (Å²) in [7, 11) is 0. The Hall–Kier alpha value is -1.91. The van der Waals surface area contributed by atoms with Gasteiger partial charge in [-0.05, 0) is 45.9 Å². The fraction of sp³-hybridized carbons (Fsp3) is 0.467. The van der Waals surface area contributed by atoms with Crippen LogP contribution in [-0.4, -0.2) is 30.9 Å². The molecule has 20 heavy (non-hydrogen) atoms. The molecule has 1 rings (SSSR count). The maximum absolute atomic E-state index is 14.1. The van der Waals surface area contributed by atoms with Gasteiger partial charge in [0.2, 0.25) is 0 Å². The normalized spacial score (nSPS) is 10.5. The van der Waals surface area contributed by atoms with E-state index in [0.717, 1.165) is 0 Å². The molecular formula is C15H20FNO3. The van der Waals surface area contributed by atoms with Crippen LogP contribution in [0.25, 0.3) is 0 Å². The summed E-state index contributed by atoms with van der Waals surface area (Å²) in [6.07, 6.45) is 0. The second-order valence-corrected chi connectivity index (χ2v) is 4.75. The molecule has 0 heterocycles. The Kier molecular flexibility index (Phi) is 5.67. The summed E-state index contributed by atoms with van der Waals surface area (Å²) in [6.45, 7) is 7.08. The fourth-order valence-corrected chi connectivity index (χ4v) is 1.85. The largest absolute Gasteiger partial charge is 0.465 e. The third-order valence-electron chi connectivity index (χ3n) is 2.89. The molecule has 0 aliphatic heterocycles. The first kappa shape index (κ1) is 16.1. The van der Waals surface area contributed by atoms with Crippen molar-refractivity contribution in [2.75, 3.05) is 18.1 Å². The molecule has 0 unspecified atom stereocenters. The third kappa shape index (κ3) is 4.05. The van der Waals surface area contributed by atoms with Crippen molar-refractivity contribution in [1.29, 1.82) is 0 Å². The predicted molar refractivity (Wildman–Crippen MR) is 75.5 cm³/mol. The topological polar surface area (TPSA) is 46.6 Å². The number of nitrogens with zero attached hydrogens (tertiary/aromatic N) is 1. The lowest BCUT2D eigenvalue weighted by Gasteiger charge is -2.28. The molecule has 5 heteroatoms. The number of hydrogen-bond donors (Lipinski definition) is 0. The van der Waals surface area contributed by atoms with Crippen molar-refractivity contribution in [3.63, 3.8) is 0 Å². The van der Waals surface area contributed by atoms with E-state index < -0.39 is 11.8 Å². The molecule has 1 aromatic rings. The van der Waals surface area contributed by atoms with Crippen molar-refractivity contribution in [3.8, 4) is 0 Å². The zero-order valence-electron chi connectivity index (χ0n) is 12.3. The smallest absolute Gasteiger partial charge is 0.325 e. The summed E-state index contributed by atoms with van der Waals surface area (Å²) in [4.78, 5) is 24.4. The van der Waals surface area contributed by atoms with Gasteiger partial charge in [0.15, 0.2) is 5.78 Å². The van der Waals surface area contributed by atoms with Crippen LogP contribution in [0.3, 0.4) is 0 Å². The number of rotatable bonds is 6. The highest BCUT2D eigenvalue weighted by atomic mass is 19.1. The quantitative estimate of drug-likeness (QED) is 0.594. The van der Waals surface area contributed by atoms with E-state index in [1.54, 1.807) is 17.9 Å². The summed E-state index contributed by atoms with van der Waals surface area (Å²) >= 11 is 0. The first-order valence-corrected chi connectivity index (χ1v) is 6.59. The number of esters is 1. The lowest BCUT2D eigenvalue weighted by Crippen LogP contribution is -2.37. The Morgan fingerprint density at radius 2 is 2.00 bits per heavy atom. The molecule has 0 N–H and O–H groups in total. The summed E-state index contributed by atoms with van der Waals surface area (Å²) in [6, 6.07) is 4.20. The maximum Gasteiger partial charge on any atom is 0.325 e. The van der Waals surface area contributed by atoms with Crippen LogP contribution in [0, 0.1) is 5.82 Å². The van der Waals surface area contributed by atoms with E-state index >= 15 is 0 Å². The monoisotopic (exact) mass is 281 g/mol. The molecule has 0 bridgehead atoms. The number of benzene rings is 1. The summed E-state index contributed by atoms with van der Waals surface area (Å²) in [5.74, 6) is -1.12. The average Bonchev–Trinajstić information content (AvgIpc) is 2.36. The summed E-state index contributed by atoms with van der Waals surface area (Å²) < 4.78 is 19.0. The van der Waals surface area contributed by atoms with Gasteiger partial charge in [0.25, 0.3) is 0 Å². The fourth-order valence-electron chi connectivity index (χ4n) is 1.85. The van der Waals surface area contributed by atoms with Crippen molar-refractivity contribution in [2.45, 2.75) is 33.7 Å². The van der Waals surface area contributed by atoms with Crippen LogP contribution in [0.15, 0.2) is 18.2 Å². The van der Waals surface area contributed by atoms with Crippen LogP contribution in [0.5, 0.6) is 0 Å². The SMILES string of the molecule is CCOC(=O)CN(c1ccc(C(C)=O)cc1F)C(C)C. The minimum Gasteiger partial charge on any atom is -0.465 e. The Morgan fingerprint density at radius 1 is 1.35 bits per heavy atom. The Morgan fingerprint density at radius 3 is 2.45 bits per heavy atom. The van der Waals surface area contributed by atoms with Crippen molar-refractivity contribution < 1.29 is 18.7 Å². The minimum atomic E-state index is -0.518. The van der Waals surface area contributed by atoms with Gasteiger partial charge in [-0.3, -0.25) is 9.59 Å². The molecule has 110 valence electrons. The average molecular weight is 281 g/mol. The van der Waals surface area contributed by atoms with Crippen LogP contribution in [-0.2, 0) is 9.53 Å². The van der Waals surface area contributed by atoms with Gasteiger partial charge in [-0.25, -0.2) is 4.39 Å². The molecule has 0 aliphatic carbocycles. The Labute approximate surface area is 118 Å². The number of carbonyl (C=O) groups is 2. The molecule has 4 nitrogen and oxygen atoms in total. The summed E-state index contributed by atoms with van der Waals surface area (Å²) in [5, 5.41) is 0. The van der Waals surface area contributed by atoms with E-state index in [1.165, 1.54) is 19.1 Å². The maximum atomic E-state index is 14.1. The van der Waals surface area contributed by atoms with E-state index in [2.05, 4.69) is 0 Å². The van der Waals surface area contributed by atoms with Crippen LogP contribution >= 0.6 is 0 Å². The molecule has 0 spiro atoms. The van der Waals surface area contributed by atoms with Crippen LogP contribution in [0.2, 0.25) is 0 Å². The molecule has 0 fully saturated rings. The van der Waals surface area contributed by atoms with Gasteiger partial charge >= 0.3 is 5.97 Å². The minimum absolute atomic E-state index is 0.0259. The van der Waals surface area contributed by atoms with E-state index in [1.807, 2.05) is 13.8 Å². The van der Waals surface area contributed by atoms with Gasteiger partial charge in [-0.1, -0.05) is 0 Å². The first-order valence-electron chi connectivity index (χ1n) is 6.59. The van der Waals surface area contributed by atoms with Gasteiger partial charge in [-0.2, -0.15) is 0 Å². The number of ketones is 1. The zero-order chi connectivity index (χ0) is 15.3. The molecule has 1 aromatic carbocycles. The van der Waals surface area contributed by atoms with Crippen molar-refractivity contribution >= 4 is 17.4 Å². The Balaban J connectivity index is 3.03. The van der Waals surface area contributed by atoms with Gasteiger partial charge in [0, 0.05) is 11.6 Å². The number of carbonyl (C=O) groups excluding carboxylic acids is 2. The molecular weight excluding hydrogens is 261 g/mol. The number of anilines is 1. The molecule has 0 amide bonds. The van der Waals surface area contributed by atoms with Crippen LogP contribution in [0.4, 0.5) is 10.1 Å². The lowest BCUT2D eigenvalue weighted by atomic mass is 10.1. The first-order chi connectivity index (χ1) is 9.36. The Bertz CT molecular complexity index is 500. The number of Topliss-reactive ketones (excluding diaryl/α,β-unsaturated/α-hetero) is 1. The predicted octanol–water partition coefficient (Wildman–Crippen LogP) is 2.81. The number of hydrogen-bond acceptors (Lipinski definition) is 4. The van der Waals surface area contributed by atoms with Crippen molar-refractivity contribution in [2.24, 2.45) is 0 Å². The summed E-state index contributed by atoms with van der Waals surface area (Å²) in [5.41, 5.74) is 0.601. The van der Waals surface area contributed by atoms with Crippen molar-refractivity contribution in [3.05, 3.63) is 29.6 Å². The van der Waals surface area contributed by atoms with Gasteiger partial charge in [-0.15, -0.1) is 0 Å². The third-order valence-corrected chi connectivity index (χ3v) is 2.89. The van der Waals surface area contributed by atoms with E-state index in [0.29, 0.717) is 5.56 Å². The second kappa shape index (κ2) is 7.03. The highest BCUT2D eigenvalue weighted by molar-refractivity contribution is 5.94. The molecule has 0 aliphatic rings. The highest BCUT2D eigenvalue weighted by Crippen LogP contribution is 2.23. The number of halogens is 1.